The van der Waals surface area contributed by atoms with E-state index in [2.05, 4.69) is 15.5 Å². The minimum absolute atomic E-state index is 0.270. The van der Waals surface area contributed by atoms with E-state index in [-0.39, 0.29) is 5.91 Å². The highest BCUT2D eigenvalue weighted by molar-refractivity contribution is 6.13. The van der Waals surface area contributed by atoms with Crippen LogP contribution in [0.1, 0.15) is 20.7 Å². The SMILES string of the molecule is NC(=O)c1ccccc1-c1cc(C(=O)Nc2ccccc2)c2[nH]ncc2c1. The summed E-state index contributed by atoms with van der Waals surface area (Å²) in [6.07, 6.45) is 1.64. The maximum absolute atomic E-state index is 12.9. The van der Waals surface area contributed by atoms with Crippen LogP contribution in [0.5, 0.6) is 0 Å². The number of primary amides is 1. The molecule has 6 nitrogen and oxygen atoms in total. The molecule has 4 N–H and O–H groups in total. The first-order valence-corrected chi connectivity index (χ1v) is 8.36. The van der Waals surface area contributed by atoms with Gasteiger partial charge in [0.25, 0.3) is 5.91 Å². The monoisotopic (exact) mass is 356 g/mol. The first kappa shape index (κ1) is 16.5. The number of carbonyl (C=O) groups is 2. The average molecular weight is 356 g/mol. The van der Waals surface area contributed by atoms with E-state index in [1.807, 2.05) is 42.5 Å². The van der Waals surface area contributed by atoms with Crippen molar-refractivity contribution in [2.75, 3.05) is 5.32 Å². The molecule has 132 valence electrons. The number of carbonyl (C=O) groups excluding carboxylic acids is 2. The fraction of sp³-hybridized carbons (Fsp3) is 0. The van der Waals surface area contributed by atoms with Crippen LogP contribution in [0, 0.1) is 0 Å². The van der Waals surface area contributed by atoms with Crippen LogP contribution in [0.4, 0.5) is 5.69 Å². The summed E-state index contributed by atoms with van der Waals surface area (Å²) >= 11 is 0. The van der Waals surface area contributed by atoms with Crippen LogP contribution in [-0.4, -0.2) is 22.0 Å². The van der Waals surface area contributed by atoms with Gasteiger partial charge in [-0.3, -0.25) is 14.7 Å². The van der Waals surface area contributed by atoms with Crippen molar-refractivity contribution in [3.8, 4) is 11.1 Å². The van der Waals surface area contributed by atoms with Gasteiger partial charge >= 0.3 is 0 Å². The first-order chi connectivity index (χ1) is 13.1. The molecule has 0 atom stereocenters. The number of rotatable bonds is 4. The first-order valence-electron chi connectivity index (χ1n) is 8.36. The lowest BCUT2D eigenvalue weighted by atomic mass is 9.96. The van der Waals surface area contributed by atoms with Crippen molar-refractivity contribution in [3.63, 3.8) is 0 Å². The van der Waals surface area contributed by atoms with Crippen molar-refractivity contribution in [1.29, 1.82) is 0 Å². The van der Waals surface area contributed by atoms with Gasteiger partial charge in [-0.05, 0) is 41.5 Å². The molecular weight excluding hydrogens is 340 g/mol. The molecule has 27 heavy (non-hydrogen) atoms. The zero-order valence-electron chi connectivity index (χ0n) is 14.3. The van der Waals surface area contributed by atoms with E-state index >= 15 is 0 Å². The lowest BCUT2D eigenvalue weighted by molar-refractivity contribution is 0.0998. The smallest absolute Gasteiger partial charge is 0.257 e. The number of fused-ring (bicyclic) bond motifs is 1. The maximum atomic E-state index is 12.9. The van der Waals surface area contributed by atoms with Crippen molar-refractivity contribution in [3.05, 3.63) is 84.1 Å². The number of benzene rings is 3. The number of anilines is 1. The summed E-state index contributed by atoms with van der Waals surface area (Å²) in [5, 5.41) is 10.6. The van der Waals surface area contributed by atoms with Crippen LogP contribution in [0.25, 0.3) is 22.0 Å². The third-order valence-corrected chi connectivity index (χ3v) is 4.33. The van der Waals surface area contributed by atoms with E-state index in [1.165, 1.54) is 0 Å². The molecule has 0 spiro atoms. The Hall–Kier alpha value is -3.93. The van der Waals surface area contributed by atoms with E-state index in [1.54, 1.807) is 30.5 Å². The Balaban J connectivity index is 1.84. The Morgan fingerprint density at radius 3 is 2.44 bits per heavy atom. The van der Waals surface area contributed by atoms with Crippen molar-refractivity contribution in [2.45, 2.75) is 0 Å². The van der Waals surface area contributed by atoms with Crippen LogP contribution in [-0.2, 0) is 0 Å². The second-order valence-corrected chi connectivity index (χ2v) is 6.09. The summed E-state index contributed by atoms with van der Waals surface area (Å²) in [4.78, 5) is 24.7. The lowest BCUT2D eigenvalue weighted by Crippen LogP contribution is -2.14. The Morgan fingerprint density at radius 1 is 0.926 bits per heavy atom. The number of nitrogens with zero attached hydrogens (tertiary/aromatic N) is 1. The molecule has 0 fully saturated rings. The van der Waals surface area contributed by atoms with Crippen molar-refractivity contribution in [2.24, 2.45) is 5.73 Å². The molecule has 0 bridgehead atoms. The number of H-pyrrole nitrogens is 1. The van der Waals surface area contributed by atoms with Gasteiger partial charge in [0.15, 0.2) is 0 Å². The second kappa shape index (κ2) is 6.76. The molecule has 0 saturated heterocycles. The molecule has 2 amide bonds. The molecular formula is C21H16N4O2. The Bertz CT molecular complexity index is 1150. The Labute approximate surface area is 155 Å². The quantitative estimate of drug-likeness (QED) is 0.521. The van der Waals surface area contributed by atoms with Crippen LogP contribution < -0.4 is 11.1 Å². The van der Waals surface area contributed by atoms with Gasteiger partial charge in [-0.15, -0.1) is 0 Å². The predicted octanol–water partition coefficient (Wildman–Crippen LogP) is 3.58. The summed E-state index contributed by atoms with van der Waals surface area (Å²) in [7, 11) is 0. The van der Waals surface area contributed by atoms with Gasteiger partial charge in [-0.25, -0.2) is 0 Å². The van der Waals surface area contributed by atoms with E-state index < -0.39 is 5.91 Å². The molecule has 6 heteroatoms. The maximum Gasteiger partial charge on any atom is 0.257 e. The normalized spacial score (nSPS) is 10.7. The summed E-state index contributed by atoms with van der Waals surface area (Å²) in [5.74, 6) is -0.790. The van der Waals surface area contributed by atoms with Crippen molar-refractivity contribution in [1.82, 2.24) is 10.2 Å². The summed E-state index contributed by atoms with van der Waals surface area (Å²) < 4.78 is 0. The van der Waals surface area contributed by atoms with Gasteiger partial charge in [0.05, 0.1) is 17.3 Å². The number of para-hydroxylation sites is 1. The minimum atomic E-state index is -0.520. The molecule has 0 radical (unpaired) electrons. The molecule has 0 aliphatic rings. The number of hydrogen-bond donors (Lipinski definition) is 3. The van der Waals surface area contributed by atoms with Crippen LogP contribution in [0.3, 0.4) is 0 Å². The topological polar surface area (TPSA) is 101 Å². The van der Waals surface area contributed by atoms with E-state index in [0.717, 1.165) is 10.9 Å². The number of aromatic amines is 1. The molecule has 0 saturated carbocycles. The van der Waals surface area contributed by atoms with Crippen molar-refractivity contribution >= 4 is 28.4 Å². The van der Waals surface area contributed by atoms with Crippen LogP contribution >= 0.6 is 0 Å². The second-order valence-electron chi connectivity index (χ2n) is 6.09. The number of nitrogens with one attached hydrogen (secondary N) is 2. The molecule has 0 aliphatic carbocycles. The lowest BCUT2D eigenvalue weighted by Gasteiger charge is -2.11. The van der Waals surface area contributed by atoms with Gasteiger partial charge in [-0.1, -0.05) is 36.4 Å². The number of aromatic nitrogens is 2. The summed E-state index contributed by atoms with van der Waals surface area (Å²) in [5.41, 5.74) is 9.05. The molecule has 3 aromatic carbocycles. The van der Waals surface area contributed by atoms with Crippen molar-refractivity contribution < 1.29 is 9.59 Å². The summed E-state index contributed by atoms with van der Waals surface area (Å²) in [6.45, 7) is 0. The highest BCUT2D eigenvalue weighted by Crippen LogP contribution is 2.29. The largest absolute Gasteiger partial charge is 0.366 e. The van der Waals surface area contributed by atoms with Crippen LogP contribution in [0.2, 0.25) is 0 Å². The van der Waals surface area contributed by atoms with Gasteiger partial charge in [0, 0.05) is 16.6 Å². The van der Waals surface area contributed by atoms with Gasteiger partial charge in [0.1, 0.15) is 0 Å². The minimum Gasteiger partial charge on any atom is -0.366 e. The number of hydrogen-bond acceptors (Lipinski definition) is 3. The van der Waals surface area contributed by atoms with Gasteiger partial charge in [-0.2, -0.15) is 5.10 Å². The Morgan fingerprint density at radius 2 is 1.67 bits per heavy atom. The van der Waals surface area contributed by atoms with E-state index in [0.29, 0.717) is 27.9 Å². The summed E-state index contributed by atoms with van der Waals surface area (Å²) in [6, 6.07) is 19.9. The average Bonchev–Trinajstić information content (AvgIpc) is 3.16. The zero-order valence-corrected chi connectivity index (χ0v) is 14.3. The third-order valence-electron chi connectivity index (χ3n) is 4.33. The van der Waals surface area contributed by atoms with E-state index in [4.69, 9.17) is 5.73 Å². The molecule has 4 aromatic rings. The van der Waals surface area contributed by atoms with Gasteiger partial charge in [0.2, 0.25) is 5.91 Å². The fourth-order valence-electron chi connectivity index (χ4n) is 3.06. The fourth-order valence-corrected chi connectivity index (χ4v) is 3.06. The zero-order chi connectivity index (χ0) is 18.8. The molecule has 1 heterocycles. The molecule has 4 rings (SSSR count). The molecule has 0 unspecified atom stereocenters. The highest BCUT2D eigenvalue weighted by Gasteiger charge is 2.17. The molecule has 1 aromatic heterocycles. The van der Waals surface area contributed by atoms with Crippen LogP contribution in [0.15, 0.2) is 72.9 Å². The Kier molecular flexibility index (Phi) is 4.14. The third kappa shape index (κ3) is 3.16. The standard InChI is InChI=1S/C21H16N4O2/c22-20(26)17-9-5-4-8-16(17)13-10-14-12-23-25-19(14)18(11-13)21(27)24-15-6-2-1-3-7-15/h1-12H,(H2,22,26)(H,23,25)(H,24,27). The number of amides is 2. The number of nitrogens with two attached hydrogens (primary N) is 1. The van der Waals surface area contributed by atoms with Gasteiger partial charge < -0.3 is 11.1 Å². The highest BCUT2D eigenvalue weighted by atomic mass is 16.2. The predicted molar refractivity (Wildman–Crippen MR) is 104 cm³/mol. The van der Waals surface area contributed by atoms with E-state index in [9.17, 15) is 9.59 Å². The molecule has 0 aliphatic heterocycles.